The van der Waals surface area contributed by atoms with E-state index < -0.39 is 0 Å². The van der Waals surface area contributed by atoms with Crippen LogP contribution in [0.4, 0.5) is 0 Å². The van der Waals surface area contributed by atoms with Crippen LogP contribution < -0.4 is 0 Å². The number of para-hydroxylation sites is 1. The van der Waals surface area contributed by atoms with Crippen molar-refractivity contribution in [3.63, 3.8) is 0 Å². The first-order valence-corrected chi connectivity index (χ1v) is 8.19. The van der Waals surface area contributed by atoms with Gasteiger partial charge in [0.25, 0.3) is 0 Å². The third-order valence-electron chi connectivity index (χ3n) is 4.76. The minimum atomic E-state index is 0.663. The summed E-state index contributed by atoms with van der Waals surface area (Å²) in [5, 5.41) is 5.92. The third-order valence-corrected chi connectivity index (χ3v) is 4.76. The van der Waals surface area contributed by atoms with E-state index >= 15 is 0 Å². The van der Waals surface area contributed by atoms with E-state index in [0.29, 0.717) is 5.92 Å². The first kappa shape index (κ1) is 13.5. The van der Waals surface area contributed by atoms with Crippen molar-refractivity contribution >= 4 is 10.9 Å². The SMILES string of the molecule is Cc1nn(Cc2cccc(C3CCCC3)n2)c2ccccc12. The highest BCUT2D eigenvalue weighted by atomic mass is 15.3. The molecule has 1 fully saturated rings. The molecule has 1 saturated carbocycles. The molecule has 0 N–H and O–H groups in total. The Kier molecular flexibility index (Phi) is 3.41. The van der Waals surface area contributed by atoms with Crippen molar-refractivity contribution in [2.24, 2.45) is 0 Å². The Labute approximate surface area is 131 Å². The van der Waals surface area contributed by atoms with E-state index in [0.717, 1.165) is 17.9 Å². The van der Waals surface area contributed by atoms with Crippen LogP contribution in [0.25, 0.3) is 10.9 Å². The summed E-state index contributed by atoms with van der Waals surface area (Å²) >= 11 is 0. The lowest BCUT2D eigenvalue weighted by Crippen LogP contribution is -2.06. The lowest BCUT2D eigenvalue weighted by atomic mass is 10.0. The number of rotatable bonds is 3. The highest BCUT2D eigenvalue weighted by molar-refractivity contribution is 5.81. The first-order valence-electron chi connectivity index (χ1n) is 8.19. The monoisotopic (exact) mass is 291 g/mol. The highest BCUT2D eigenvalue weighted by Gasteiger charge is 2.18. The van der Waals surface area contributed by atoms with Crippen LogP contribution in [-0.2, 0) is 6.54 Å². The molecule has 1 aliphatic carbocycles. The fraction of sp³-hybridized carbons (Fsp3) is 0.368. The number of fused-ring (bicyclic) bond motifs is 1. The summed E-state index contributed by atoms with van der Waals surface area (Å²) < 4.78 is 2.07. The number of hydrogen-bond acceptors (Lipinski definition) is 2. The Balaban J connectivity index is 1.66. The molecule has 4 rings (SSSR count). The zero-order valence-corrected chi connectivity index (χ0v) is 13.0. The molecule has 112 valence electrons. The number of aromatic nitrogens is 3. The second-order valence-electron chi connectivity index (χ2n) is 6.30. The summed E-state index contributed by atoms with van der Waals surface area (Å²) in [6.07, 6.45) is 5.28. The molecule has 0 aliphatic heterocycles. The van der Waals surface area contributed by atoms with E-state index in [9.17, 15) is 0 Å². The lowest BCUT2D eigenvalue weighted by Gasteiger charge is -2.10. The van der Waals surface area contributed by atoms with Gasteiger partial charge in [-0.1, -0.05) is 37.1 Å². The largest absolute Gasteiger partial charge is 0.259 e. The van der Waals surface area contributed by atoms with Crippen LogP contribution >= 0.6 is 0 Å². The van der Waals surface area contributed by atoms with Gasteiger partial charge < -0.3 is 0 Å². The van der Waals surface area contributed by atoms with Crippen molar-refractivity contribution in [2.45, 2.75) is 45.1 Å². The predicted octanol–water partition coefficient (Wildman–Crippen LogP) is 4.45. The number of aryl methyl sites for hydroxylation is 1. The van der Waals surface area contributed by atoms with Gasteiger partial charge in [-0.2, -0.15) is 5.10 Å². The molecule has 3 aromatic rings. The van der Waals surface area contributed by atoms with Crippen molar-refractivity contribution in [3.8, 4) is 0 Å². The number of nitrogens with zero attached hydrogens (tertiary/aromatic N) is 3. The van der Waals surface area contributed by atoms with Crippen molar-refractivity contribution in [1.82, 2.24) is 14.8 Å². The van der Waals surface area contributed by atoms with Gasteiger partial charge in [0.1, 0.15) is 0 Å². The van der Waals surface area contributed by atoms with Crippen LogP contribution in [0.1, 0.15) is 48.7 Å². The van der Waals surface area contributed by atoms with Gasteiger partial charge in [-0.15, -0.1) is 0 Å². The summed E-state index contributed by atoms with van der Waals surface area (Å²) in [6.45, 7) is 2.82. The van der Waals surface area contributed by atoms with Crippen LogP contribution in [-0.4, -0.2) is 14.8 Å². The van der Waals surface area contributed by atoms with Gasteiger partial charge in [0, 0.05) is 17.0 Å². The molecular weight excluding hydrogens is 270 g/mol. The van der Waals surface area contributed by atoms with E-state index in [2.05, 4.69) is 59.2 Å². The summed E-state index contributed by atoms with van der Waals surface area (Å²) in [5.74, 6) is 0.663. The Morgan fingerprint density at radius 2 is 1.86 bits per heavy atom. The lowest BCUT2D eigenvalue weighted by molar-refractivity contribution is 0.659. The van der Waals surface area contributed by atoms with E-state index in [-0.39, 0.29) is 0 Å². The minimum absolute atomic E-state index is 0.663. The topological polar surface area (TPSA) is 30.7 Å². The first-order chi connectivity index (χ1) is 10.8. The second kappa shape index (κ2) is 5.56. The Hall–Kier alpha value is -2.16. The maximum atomic E-state index is 4.91. The van der Waals surface area contributed by atoms with E-state index in [1.807, 2.05) is 0 Å². The molecule has 2 aromatic heterocycles. The van der Waals surface area contributed by atoms with Crippen molar-refractivity contribution in [3.05, 3.63) is 59.5 Å². The maximum absolute atomic E-state index is 4.91. The Bertz CT molecular complexity index is 797. The van der Waals surface area contributed by atoms with E-state index in [1.54, 1.807) is 0 Å². The predicted molar refractivity (Wildman–Crippen MR) is 89.0 cm³/mol. The average molecular weight is 291 g/mol. The molecule has 22 heavy (non-hydrogen) atoms. The van der Waals surface area contributed by atoms with Gasteiger partial charge in [0.05, 0.1) is 23.4 Å². The van der Waals surface area contributed by atoms with Gasteiger partial charge in [-0.05, 0) is 38.0 Å². The Morgan fingerprint density at radius 3 is 2.73 bits per heavy atom. The van der Waals surface area contributed by atoms with Crippen molar-refractivity contribution in [2.75, 3.05) is 0 Å². The smallest absolute Gasteiger partial charge is 0.0838 e. The van der Waals surface area contributed by atoms with Crippen LogP contribution in [0.2, 0.25) is 0 Å². The highest BCUT2D eigenvalue weighted by Crippen LogP contribution is 2.33. The van der Waals surface area contributed by atoms with E-state index in [4.69, 9.17) is 4.98 Å². The molecule has 0 spiro atoms. The molecule has 0 unspecified atom stereocenters. The molecule has 1 aromatic carbocycles. The standard InChI is InChI=1S/C19H21N3/c1-14-17-10-4-5-12-19(17)22(21-14)13-16-9-6-11-18(20-16)15-7-2-3-8-15/h4-6,9-12,15H,2-3,7-8,13H2,1H3. The van der Waals surface area contributed by atoms with Crippen LogP contribution in [0.5, 0.6) is 0 Å². The number of hydrogen-bond donors (Lipinski definition) is 0. The molecule has 0 radical (unpaired) electrons. The normalized spacial score (nSPS) is 15.7. The fourth-order valence-corrected chi connectivity index (χ4v) is 3.60. The maximum Gasteiger partial charge on any atom is 0.0838 e. The third kappa shape index (κ3) is 2.41. The molecule has 0 amide bonds. The Morgan fingerprint density at radius 1 is 1.05 bits per heavy atom. The van der Waals surface area contributed by atoms with Crippen LogP contribution in [0.3, 0.4) is 0 Å². The minimum Gasteiger partial charge on any atom is -0.259 e. The van der Waals surface area contributed by atoms with Gasteiger partial charge in [0.2, 0.25) is 0 Å². The van der Waals surface area contributed by atoms with Gasteiger partial charge in [-0.3, -0.25) is 9.67 Å². The number of benzene rings is 1. The zero-order valence-electron chi connectivity index (χ0n) is 13.0. The zero-order chi connectivity index (χ0) is 14.9. The molecule has 3 heteroatoms. The van der Waals surface area contributed by atoms with Crippen LogP contribution in [0, 0.1) is 6.92 Å². The van der Waals surface area contributed by atoms with Gasteiger partial charge in [-0.25, -0.2) is 0 Å². The second-order valence-corrected chi connectivity index (χ2v) is 6.30. The molecular formula is C19H21N3. The summed E-state index contributed by atoms with van der Waals surface area (Å²) in [4.78, 5) is 4.91. The summed E-state index contributed by atoms with van der Waals surface area (Å²) in [6, 6.07) is 14.9. The van der Waals surface area contributed by atoms with Crippen molar-refractivity contribution < 1.29 is 0 Å². The molecule has 1 aliphatic rings. The molecule has 0 atom stereocenters. The summed E-state index contributed by atoms with van der Waals surface area (Å²) in [5.41, 5.74) is 4.65. The summed E-state index contributed by atoms with van der Waals surface area (Å²) in [7, 11) is 0. The van der Waals surface area contributed by atoms with Crippen LogP contribution in [0.15, 0.2) is 42.5 Å². The van der Waals surface area contributed by atoms with E-state index in [1.165, 1.54) is 42.3 Å². The average Bonchev–Trinajstić information content (AvgIpc) is 3.18. The fourth-order valence-electron chi connectivity index (χ4n) is 3.60. The molecule has 3 nitrogen and oxygen atoms in total. The van der Waals surface area contributed by atoms with Gasteiger partial charge in [0.15, 0.2) is 0 Å². The number of pyridine rings is 1. The van der Waals surface area contributed by atoms with Gasteiger partial charge >= 0.3 is 0 Å². The quantitative estimate of drug-likeness (QED) is 0.714. The molecule has 0 saturated heterocycles. The van der Waals surface area contributed by atoms with Crippen molar-refractivity contribution in [1.29, 1.82) is 0 Å². The molecule has 0 bridgehead atoms. The molecule has 2 heterocycles.